The predicted molar refractivity (Wildman–Crippen MR) is 108 cm³/mol. The van der Waals surface area contributed by atoms with Crippen molar-refractivity contribution in [3.63, 3.8) is 0 Å². The number of anilines is 1. The van der Waals surface area contributed by atoms with Crippen LogP contribution in [0.1, 0.15) is 13.8 Å². The Balaban J connectivity index is 1.68. The van der Waals surface area contributed by atoms with E-state index in [-0.39, 0.29) is 5.92 Å². The molecule has 0 aliphatic carbocycles. The van der Waals surface area contributed by atoms with E-state index in [1.807, 2.05) is 62.4 Å². The first-order valence-corrected chi connectivity index (χ1v) is 9.41. The largest absolute Gasteiger partial charge is 0.467 e. The Hall–Kier alpha value is -2.93. The lowest BCUT2D eigenvalue weighted by Gasteiger charge is -2.20. The van der Waals surface area contributed by atoms with Gasteiger partial charge in [0.1, 0.15) is 11.0 Å². The van der Waals surface area contributed by atoms with Crippen molar-refractivity contribution in [2.24, 2.45) is 5.92 Å². The second-order valence-corrected chi connectivity index (χ2v) is 7.44. The zero-order chi connectivity index (χ0) is 19.4. The van der Waals surface area contributed by atoms with Gasteiger partial charge in [0, 0.05) is 11.3 Å². The molecule has 7 heteroatoms. The molecule has 0 fully saturated rings. The number of carbonyl (C=O) groups is 2. The third-order valence-corrected chi connectivity index (χ3v) is 5.18. The highest BCUT2D eigenvalue weighted by Gasteiger charge is 2.24. The second kappa shape index (κ2) is 8.18. The van der Waals surface area contributed by atoms with Crippen LogP contribution in [0.2, 0.25) is 0 Å². The summed E-state index contributed by atoms with van der Waals surface area (Å²) in [5.74, 6) is -0.545. The fourth-order valence-electron chi connectivity index (χ4n) is 2.62. The number of nitrogens with zero attached hydrogens (tertiary/aromatic N) is 1. The maximum Gasteiger partial charge on any atom is 0.328 e. The smallest absolute Gasteiger partial charge is 0.328 e. The quantitative estimate of drug-likeness (QED) is 0.645. The number of thiazole rings is 1. The van der Waals surface area contributed by atoms with Crippen LogP contribution in [0.5, 0.6) is 0 Å². The molecule has 1 atom stereocenters. The van der Waals surface area contributed by atoms with Crippen molar-refractivity contribution in [1.82, 2.24) is 10.3 Å². The van der Waals surface area contributed by atoms with Gasteiger partial charge in [-0.3, -0.25) is 0 Å². The Bertz CT molecular complexity index is 918. The van der Waals surface area contributed by atoms with Crippen LogP contribution < -0.4 is 10.6 Å². The molecule has 0 saturated heterocycles. The van der Waals surface area contributed by atoms with Crippen LogP contribution in [-0.2, 0) is 9.53 Å². The topological polar surface area (TPSA) is 80.3 Å². The van der Waals surface area contributed by atoms with Gasteiger partial charge in [-0.2, -0.15) is 0 Å². The molecule has 3 aromatic rings. The molecule has 0 bridgehead atoms. The number of urea groups is 1. The van der Waals surface area contributed by atoms with Crippen LogP contribution >= 0.6 is 11.3 Å². The average molecular weight is 383 g/mol. The Morgan fingerprint density at radius 3 is 2.41 bits per heavy atom. The van der Waals surface area contributed by atoms with E-state index in [4.69, 9.17) is 4.74 Å². The average Bonchev–Trinajstić information content (AvgIpc) is 3.10. The summed E-state index contributed by atoms with van der Waals surface area (Å²) in [5.41, 5.74) is 2.59. The molecule has 140 valence electrons. The van der Waals surface area contributed by atoms with Crippen LogP contribution in [0.25, 0.3) is 20.8 Å². The Morgan fingerprint density at radius 1 is 1.07 bits per heavy atom. The molecule has 2 N–H and O–H groups in total. The highest BCUT2D eigenvalue weighted by molar-refractivity contribution is 7.21. The first-order valence-electron chi connectivity index (χ1n) is 8.59. The molecule has 0 aliphatic heterocycles. The number of hydrogen-bond acceptors (Lipinski definition) is 5. The molecule has 0 radical (unpaired) electrons. The van der Waals surface area contributed by atoms with Crippen molar-refractivity contribution in [2.75, 3.05) is 12.4 Å². The molecule has 0 saturated carbocycles. The second-order valence-electron chi connectivity index (χ2n) is 6.41. The first kappa shape index (κ1) is 18.8. The minimum absolute atomic E-state index is 0.0791. The van der Waals surface area contributed by atoms with Gasteiger partial charge in [0.2, 0.25) is 0 Å². The number of nitrogens with one attached hydrogen (secondary N) is 2. The molecule has 6 nitrogen and oxygen atoms in total. The van der Waals surface area contributed by atoms with Crippen LogP contribution in [-0.4, -0.2) is 30.1 Å². The number of aromatic nitrogens is 1. The van der Waals surface area contributed by atoms with Gasteiger partial charge in [0.05, 0.1) is 17.3 Å². The Kier molecular flexibility index (Phi) is 5.71. The Morgan fingerprint density at radius 2 is 1.78 bits per heavy atom. The molecular formula is C20H21N3O3S. The van der Waals surface area contributed by atoms with Gasteiger partial charge in [-0.25, -0.2) is 14.6 Å². The van der Waals surface area contributed by atoms with E-state index in [2.05, 4.69) is 15.6 Å². The molecule has 1 aromatic heterocycles. The number of para-hydroxylation sites is 1. The van der Waals surface area contributed by atoms with Crippen molar-refractivity contribution >= 4 is 39.2 Å². The number of esters is 1. The number of ether oxygens (including phenoxy) is 1. The summed E-state index contributed by atoms with van der Waals surface area (Å²) in [6, 6.07) is 14.3. The predicted octanol–water partition coefficient (Wildman–Crippen LogP) is 4.28. The number of fused-ring (bicyclic) bond motifs is 1. The van der Waals surface area contributed by atoms with Crippen molar-refractivity contribution < 1.29 is 14.3 Å². The van der Waals surface area contributed by atoms with E-state index < -0.39 is 18.0 Å². The highest BCUT2D eigenvalue weighted by atomic mass is 32.1. The number of hydrogen-bond donors (Lipinski definition) is 2. The van der Waals surface area contributed by atoms with Gasteiger partial charge in [-0.1, -0.05) is 26.0 Å². The standard InChI is InChI=1S/C20H21N3O3S/c1-12(2)17(19(24)26-3)23-20(25)21-14-10-8-13(9-11-14)18-22-15-6-4-5-7-16(15)27-18/h4-12,17H,1-3H3,(H2,21,23,25)/t17-/m0/s1. The fourth-order valence-corrected chi connectivity index (χ4v) is 3.60. The van der Waals surface area contributed by atoms with E-state index in [9.17, 15) is 9.59 Å². The van der Waals surface area contributed by atoms with Crippen molar-refractivity contribution in [2.45, 2.75) is 19.9 Å². The third kappa shape index (κ3) is 4.43. The zero-order valence-electron chi connectivity index (χ0n) is 15.4. The van der Waals surface area contributed by atoms with Crippen LogP contribution in [0.4, 0.5) is 10.5 Å². The highest BCUT2D eigenvalue weighted by Crippen LogP contribution is 2.30. The molecular weight excluding hydrogens is 362 g/mol. The molecule has 0 unspecified atom stereocenters. The van der Waals surface area contributed by atoms with E-state index in [0.717, 1.165) is 20.8 Å². The lowest BCUT2D eigenvalue weighted by atomic mass is 10.1. The van der Waals surface area contributed by atoms with Crippen molar-refractivity contribution in [1.29, 1.82) is 0 Å². The van der Waals surface area contributed by atoms with Gasteiger partial charge >= 0.3 is 12.0 Å². The molecule has 1 heterocycles. The van der Waals surface area contributed by atoms with Crippen LogP contribution in [0, 0.1) is 5.92 Å². The Labute approximate surface area is 161 Å². The minimum Gasteiger partial charge on any atom is -0.467 e. The summed E-state index contributed by atoms with van der Waals surface area (Å²) in [6.45, 7) is 3.68. The minimum atomic E-state index is -0.697. The third-order valence-electron chi connectivity index (χ3n) is 4.09. The van der Waals surface area contributed by atoms with Gasteiger partial charge in [-0.05, 0) is 42.3 Å². The van der Waals surface area contributed by atoms with Crippen LogP contribution in [0.15, 0.2) is 48.5 Å². The first-order chi connectivity index (χ1) is 13.0. The van der Waals surface area contributed by atoms with Gasteiger partial charge in [0.15, 0.2) is 0 Å². The maximum absolute atomic E-state index is 12.2. The number of carbonyl (C=O) groups excluding carboxylic acids is 2. The zero-order valence-corrected chi connectivity index (χ0v) is 16.2. The molecule has 2 amide bonds. The van der Waals surface area contributed by atoms with Crippen molar-refractivity contribution in [3.05, 3.63) is 48.5 Å². The van der Waals surface area contributed by atoms with E-state index in [0.29, 0.717) is 5.69 Å². The van der Waals surface area contributed by atoms with E-state index >= 15 is 0 Å². The number of benzene rings is 2. The summed E-state index contributed by atoms with van der Waals surface area (Å²) < 4.78 is 5.86. The number of rotatable bonds is 5. The summed E-state index contributed by atoms with van der Waals surface area (Å²) >= 11 is 1.63. The van der Waals surface area contributed by atoms with Gasteiger partial charge < -0.3 is 15.4 Å². The summed E-state index contributed by atoms with van der Waals surface area (Å²) in [4.78, 5) is 28.6. The number of methoxy groups -OCH3 is 1. The summed E-state index contributed by atoms with van der Waals surface area (Å²) in [6.07, 6.45) is 0. The van der Waals surface area contributed by atoms with Gasteiger partial charge in [0.25, 0.3) is 0 Å². The molecule has 27 heavy (non-hydrogen) atoms. The molecule has 0 spiro atoms. The summed E-state index contributed by atoms with van der Waals surface area (Å²) in [5, 5.41) is 6.31. The summed E-state index contributed by atoms with van der Waals surface area (Å²) in [7, 11) is 1.30. The lowest BCUT2D eigenvalue weighted by molar-refractivity contribution is -0.143. The fraction of sp³-hybridized carbons (Fsp3) is 0.250. The van der Waals surface area contributed by atoms with E-state index in [1.165, 1.54) is 7.11 Å². The molecule has 2 aromatic carbocycles. The normalized spacial score (nSPS) is 12.0. The van der Waals surface area contributed by atoms with Crippen LogP contribution in [0.3, 0.4) is 0 Å². The molecule has 3 rings (SSSR count). The van der Waals surface area contributed by atoms with Crippen molar-refractivity contribution in [3.8, 4) is 10.6 Å². The molecule has 0 aliphatic rings. The van der Waals surface area contributed by atoms with E-state index in [1.54, 1.807) is 11.3 Å². The maximum atomic E-state index is 12.2. The van der Waals surface area contributed by atoms with Gasteiger partial charge in [-0.15, -0.1) is 11.3 Å². The monoisotopic (exact) mass is 383 g/mol. The SMILES string of the molecule is COC(=O)[C@@H](NC(=O)Nc1ccc(-c2nc3ccccc3s2)cc1)C(C)C. The lowest BCUT2D eigenvalue weighted by Crippen LogP contribution is -2.46. The number of amides is 2.